The number of hydrogen-bond donors (Lipinski definition) is 1. The Hall–Kier alpha value is -1.66. The molecule has 0 spiro atoms. The van der Waals surface area contributed by atoms with Crippen molar-refractivity contribution in [3.63, 3.8) is 0 Å². The summed E-state index contributed by atoms with van der Waals surface area (Å²) in [6.07, 6.45) is -1.14. The molecular weight excluding hydrogens is 443 g/mol. The van der Waals surface area contributed by atoms with Crippen molar-refractivity contribution in [3.8, 4) is 0 Å². The maximum atomic E-state index is 12.7. The Bertz CT molecular complexity index is 879. The number of sulfonamides is 1. The van der Waals surface area contributed by atoms with Crippen LogP contribution in [0.2, 0.25) is 0 Å². The van der Waals surface area contributed by atoms with Gasteiger partial charge in [-0.3, -0.25) is 9.59 Å². The third kappa shape index (κ3) is 5.52. The Labute approximate surface area is 177 Å². The molecule has 1 N–H and O–H groups in total. The SMILES string of the molecule is O=C(NCC(F)(F)F)C1CCCN1C(=O)Cc1ccc(S(=O)(=O)N2CCCCC2)s1. The molecule has 30 heavy (non-hydrogen) atoms. The first-order valence-electron chi connectivity index (χ1n) is 9.81. The summed E-state index contributed by atoms with van der Waals surface area (Å²) in [5.74, 6) is -1.22. The number of thiophene rings is 1. The highest BCUT2D eigenvalue weighted by Crippen LogP contribution is 2.28. The lowest BCUT2D eigenvalue weighted by molar-refractivity contribution is -0.144. The van der Waals surface area contributed by atoms with Crippen LogP contribution in [0.25, 0.3) is 0 Å². The van der Waals surface area contributed by atoms with Gasteiger partial charge in [0.05, 0.1) is 6.42 Å². The van der Waals surface area contributed by atoms with Gasteiger partial charge in [-0.25, -0.2) is 8.42 Å². The van der Waals surface area contributed by atoms with Gasteiger partial charge in [0.1, 0.15) is 16.8 Å². The van der Waals surface area contributed by atoms with Gasteiger partial charge in [0.2, 0.25) is 11.8 Å². The Morgan fingerprint density at radius 3 is 2.47 bits per heavy atom. The number of likely N-dealkylation sites (tertiary alicyclic amines) is 1. The van der Waals surface area contributed by atoms with Gasteiger partial charge < -0.3 is 10.2 Å². The average molecular weight is 468 g/mol. The number of nitrogens with zero attached hydrogens (tertiary/aromatic N) is 2. The van der Waals surface area contributed by atoms with Gasteiger partial charge in [0.15, 0.2) is 0 Å². The third-order valence-corrected chi connectivity index (χ3v) is 8.66. The van der Waals surface area contributed by atoms with E-state index in [9.17, 15) is 31.2 Å². The van der Waals surface area contributed by atoms with Crippen LogP contribution in [-0.2, 0) is 26.0 Å². The van der Waals surface area contributed by atoms with Crippen LogP contribution in [0.3, 0.4) is 0 Å². The topological polar surface area (TPSA) is 86.8 Å². The van der Waals surface area contributed by atoms with E-state index in [1.165, 1.54) is 15.3 Å². The lowest BCUT2D eigenvalue weighted by Crippen LogP contribution is -2.48. The number of carbonyl (C=O) groups excluding carboxylic acids is 2. The van der Waals surface area contributed by atoms with Crippen molar-refractivity contribution in [2.45, 2.75) is 55.0 Å². The highest BCUT2D eigenvalue weighted by Gasteiger charge is 2.36. The molecule has 0 aromatic carbocycles. The van der Waals surface area contributed by atoms with Crippen LogP contribution in [0, 0.1) is 0 Å². The van der Waals surface area contributed by atoms with Gasteiger partial charge in [-0.15, -0.1) is 11.3 Å². The number of piperidine rings is 1. The van der Waals surface area contributed by atoms with Crippen molar-refractivity contribution in [3.05, 3.63) is 17.0 Å². The van der Waals surface area contributed by atoms with E-state index in [2.05, 4.69) is 0 Å². The van der Waals surface area contributed by atoms with Crippen molar-refractivity contribution in [2.24, 2.45) is 0 Å². The normalized spacial score (nSPS) is 21.0. The zero-order chi connectivity index (χ0) is 21.9. The van der Waals surface area contributed by atoms with E-state index in [1.54, 1.807) is 6.07 Å². The molecule has 2 saturated heterocycles. The quantitative estimate of drug-likeness (QED) is 0.695. The second kappa shape index (κ2) is 9.23. The number of hydrogen-bond acceptors (Lipinski definition) is 5. The standard InChI is InChI=1S/C18H24F3N3O4S2/c19-18(20,21)12-22-17(26)14-5-4-10-24(14)15(25)11-13-6-7-16(29-13)30(27,28)23-8-2-1-3-9-23/h6-7,14H,1-5,8-12H2,(H,22,26). The van der Waals surface area contributed by atoms with E-state index in [0.717, 1.165) is 30.6 Å². The summed E-state index contributed by atoms with van der Waals surface area (Å²) in [5.41, 5.74) is 0. The average Bonchev–Trinajstić information content (AvgIpc) is 3.36. The van der Waals surface area contributed by atoms with Gasteiger partial charge in [-0.2, -0.15) is 17.5 Å². The van der Waals surface area contributed by atoms with E-state index >= 15 is 0 Å². The Kier molecular flexibility index (Phi) is 7.08. The Morgan fingerprint density at radius 2 is 1.80 bits per heavy atom. The summed E-state index contributed by atoms with van der Waals surface area (Å²) in [6, 6.07) is 2.12. The summed E-state index contributed by atoms with van der Waals surface area (Å²) in [7, 11) is -3.59. The molecule has 1 aromatic rings. The fourth-order valence-electron chi connectivity index (χ4n) is 3.72. The smallest absolute Gasteiger partial charge is 0.345 e. The number of amides is 2. The summed E-state index contributed by atoms with van der Waals surface area (Å²) in [6.45, 7) is -0.186. The zero-order valence-electron chi connectivity index (χ0n) is 16.3. The van der Waals surface area contributed by atoms with Gasteiger partial charge in [-0.05, 0) is 37.8 Å². The molecule has 3 rings (SSSR count). The minimum atomic E-state index is -4.52. The van der Waals surface area contributed by atoms with Crippen molar-refractivity contribution in [2.75, 3.05) is 26.2 Å². The maximum Gasteiger partial charge on any atom is 0.405 e. The van der Waals surface area contributed by atoms with Crippen LogP contribution in [-0.4, -0.2) is 67.8 Å². The first kappa shape index (κ1) is 23.0. The number of nitrogens with one attached hydrogen (secondary N) is 1. The van der Waals surface area contributed by atoms with Crippen LogP contribution < -0.4 is 5.32 Å². The van der Waals surface area contributed by atoms with E-state index in [1.807, 2.05) is 5.32 Å². The molecule has 1 atom stereocenters. The second-order valence-corrected chi connectivity index (χ2v) is 10.8. The molecule has 0 bridgehead atoms. The van der Waals surface area contributed by atoms with Crippen LogP contribution in [0.4, 0.5) is 13.2 Å². The fraction of sp³-hybridized carbons (Fsp3) is 0.667. The Morgan fingerprint density at radius 1 is 1.10 bits per heavy atom. The maximum absolute atomic E-state index is 12.7. The zero-order valence-corrected chi connectivity index (χ0v) is 17.9. The van der Waals surface area contributed by atoms with Crippen LogP contribution in [0.1, 0.15) is 37.0 Å². The predicted molar refractivity (Wildman–Crippen MR) is 104 cm³/mol. The number of alkyl halides is 3. The molecule has 2 amide bonds. The highest BCUT2D eigenvalue weighted by atomic mass is 32.2. The first-order chi connectivity index (χ1) is 14.1. The summed E-state index contributed by atoms with van der Waals surface area (Å²) in [5, 5.41) is 1.83. The molecule has 2 fully saturated rings. The molecule has 12 heteroatoms. The molecular formula is C18H24F3N3O4S2. The molecule has 0 saturated carbocycles. The molecule has 168 valence electrons. The Balaban J connectivity index is 1.62. The minimum Gasteiger partial charge on any atom is -0.345 e. The molecule has 2 aliphatic heterocycles. The third-order valence-electron chi connectivity index (χ3n) is 5.21. The lowest BCUT2D eigenvalue weighted by atomic mass is 10.2. The number of rotatable bonds is 6. The summed E-state index contributed by atoms with van der Waals surface area (Å²) in [4.78, 5) is 26.6. The molecule has 0 radical (unpaired) electrons. The first-order valence-corrected chi connectivity index (χ1v) is 12.1. The van der Waals surface area contributed by atoms with Gasteiger partial charge in [-0.1, -0.05) is 6.42 Å². The minimum absolute atomic E-state index is 0.0940. The number of halogens is 3. The van der Waals surface area contributed by atoms with Gasteiger partial charge >= 0.3 is 6.18 Å². The molecule has 1 aromatic heterocycles. The molecule has 1 unspecified atom stereocenters. The monoisotopic (exact) mass is 467 g/mol. The number of carbonyl (C=O) groups is 2. The molecule has 7 nitrogen and oxygen atoms in total. The van der Waals surface area contributed by atoms with E-state index < -0.39 is 40.6 Å². The second-order valence-electron chi connectivity index (χ2n) is 7.44. The molecule has 0 aliphatic carbocycles. The van der Waals surface area contributed by atoms with E-state index in [4.69, 9.17) is 0 Å². The van der Waals surface area contributed by atoms with Gasteiger partial charge in [0, 0.05) is 24.5 Å². The van der Waals surface area contributed by atoms with Crippen molar-refractivity contribution >= 4 is 33.2 Å². The summed E-state index contributed by atoms with van der Waals surface area (Å²) < 4.78 is 64.1. The van der Waals surface area contributed by atoms with Crippen molar-refractivity contribution in [1.29, 1.82) is 0 Å². The van der Waals surface area contributed by atoms with Crippen molar-refractivity contribution in [1.82, 2.24) is 14.5 Å². The van der Waals surface area contributed by atoms with E-state index in [0.29, 0.717) is 30.8 Å². The highest BCUT2D eigenvalue weighted by molar-refractivity contribution is 7.91. The summed E-state index contributed by atoms with van der Waals surface area (Å²) >= 11 is 1.02. The van der Waals surface area contributed by atoms with Crippen LogP contribution >= 0.6 is 11.3 Å². The largest absolute Gasteiger partial charge is 0.405 e. The molecule has 2 aliphatic rings. The van der Waals surface area contributed by atoms with Gasteiger partial charge in [0.25, 0.3) is 10.0 Å². The molecule has 3 heterocycles. The van der Waals surface area contributed by atoms with Crippen molar-refractivity contribution < 1.29 is 31.2 Å². The fourth-order valence-corrected chi connectivity index (χ4v) is 6.74. The predicted octanol–water partition coefficient (Wildman–Crippen LogP) is 2.13. The van der Waals surface area contributed by atoms with Crippen LogP contribution in [0.15, 0.2) is 16.3 Å². The van der Waals surface area contributed by atoms with E-state index in [-0.39, 0.29) is 17.2 Å². The lowest BCUT2D eigenvalue weighted by Gasteiger charge is -2.25. The van der Waals surface area contributed by atoms with Crippen LogP contribution in [0.5, 0.6) is 0 Å².